The number of likely N-dealkylation sites (N-methyl/N-ethyl adjacent to an activating group) is 1. The van der Waals surface area contributed by atoms with Crippen LogP contribution in [0.2, 0.25) is 5.15 Å². The molecule has 1 aliphatic heterocycles. The van der Waals surface area contributed by atoms with E-state index in [-0.39, 0.29) is 0 Å². The average Bonchev–Trinajstić information content (AvgIpc) is 2.67. The van der Waals surface area contributed by atoms with Gasteiger partial charge < -0.3 is 14.6 Å². The molecule has 1 aromatic rings. The Morgan fingerprint density at radius 2 is 2.00 bits per heavy atom. The van der Waals surface area contributed by atoms with Crippen molar-refractivity contribution in [2.45, 2.75) is 19.9 Å². The molecule has 1 aromatic heterocycles. The molecule has 1 saturated heterocycles. The van der Waals surface area contributed by atoms with Crippen LogP contribution in [-0.2, 0) is 11.8 Å². The summed E-state index contributed by atoms with van der Waals surface area (Å²) in [6, 6.07) is -0.763. The molecule has 0 radical (unpaired) electrons. The van der Waals surface area contributed by atoms with E-state index in [1.54, 1.807) is 11.6 Å². The van der Waals surface area contributed by atoms with Crippen LogP contribution in [-0.4, -0.2) is 63.2 Å². The number of rotatable bonds is 4. The molecule has 2 rings (SSSR count). The fourth-order valence-electron chi connectivity index (χ4n) is 2.57. The van der Waals surface area contributed by atoms with Crippen LogP contribution in [0.3, 0.4) is 0 Å². The van der Waals surface area contributed by atoms with Crippen LogP contribution in [0.25, 0.3) is 0 Å². The molecular formula is C13H21ClN4O2. The Hall–Kier alpha value is -1.11. The van der Waals surface area contributed by atoms with Crippen LogP contribution < -0.4 is 0 Å². The fraction of sp³-hybridized carbons (Fsp3) is 0.692. The van der Waals surface area contributed by atoms with Crippen LogP contribution in [0, 0.1) is 6.92 Å². The number of carboxylic acids is 1. The summed E-state index contributed by atoms with van der Waals surface area (Å²) in [5, 5.41) is 9.97. The standard InChI is InChI=1S/C13H21ClN4O2/c1-4-17-5-7-18(8-6-17)11(13(19)20)10-12(14)16(3)9(2)15-10/h11H,4-8H2,1-3H3,(H,19,20). The summed E-state index contributed by atoms with van der Waals surface area (Å²) in [7, 11) is 1.79. The molecule has 2 heterocycles. The quantitative estimate of drug-likeness (QED) is 0.904. The van der Waals surface area contributed by atoms with E-state index in [2.05, 4.69) is 16.8 Å². The summed E-state index contributed by atoms with van der Waals surface area (Å²) >= 11 is 6.23. The molecule has 0 saturated carbocycles. The summed E-state index contributed by atoms with van der Waals surface area (Å²) < 4.78 is 1.72. The van der Waals surface area contributed by atoms with E-state index in [9.17, 15) is 9.90 Å². The summed E-state index contributed by atoms with van der Waals surface area (Å²) in [5.41, 5.74) is 0.448. The zero-order chi connectivity index (χ0) is 14.9. The number of piperazine rings is 1. The number of nitrogens with zero attached hydrogens (tertiary/aromatic N) is 4. The highest BCUT2D eigenvalue weighted by molar-refractivity contribution is 6.30. The van der Waals surface area contributed by atoms with Crippen molar-refractivity contribution in [2.75, 3.05) is 32.7 Å². The van der Waals surface area contributed by atoms with Gasteiger partial charge in [-0.1, -0.05) is 18.5 Å². The van der Waals surface area contributed by atoms with Crippen molar-refractivity contribution in [3.8, 4) is 0 Å². The average molecular weight is 301 g/mol. The SMILES string of the molecule is CCN1CCN(C(C(=O)O)c2nc(C)n(C)c2Cl)CC1. The second kappa shape index (κ2) is 6.11. The lowest BCUT2D eigenvalue weighted by Crippen LogP contribution is -2.49. The number of halogens is 1. The van der Waals surface area contributed by atoms with Gasteiger partial charge in [-0.2, -0.15) is 0 Å². The molecule has 1 fully saturated rings. The highest BCUT2D eigenvalue weighted by atomic mass is 35.5. The van der Waals surface area contributed by atoms with Gasteiger partial charge >= 0.3 is 5.97 Å². The number of carboxylic acid groups (broad SMARTS) is 1. The molecule has 1 unspecified atom stereocenters. The van der Waals surface area contributed by atoms with E-state index >= 15 is 0 Å². The second-order valence-electron chi connectivity index (χ2n) is 5.11. The van der Waals surface area contributed by atoms with E-state index in [1.807, 2.05) is 11.8 Å². The van der Waals surface area contributed by atoms with E-state index in [0.717, 1.165) is 38.5 Å². The molecule has 1 atom stereocenters. The Morgan fingerprint density at radius 3 is 2.40 bits per heavy atom. The lowest BCUT2D eigenvalue weighted by molar-refractivity contribution is -0.144. The number of imidazole rings is 1. The lowest BCUT2D eigenvalue weighted by Gasteiger charge is -2.36. The third kappa shape index (κ3) is 2.82. The Kier molecular flexibility index (Phi) is 4.67. The summed E-state index contributed by atoms with van der Waals surface area (Å²) in [5.74, 6) is -0.168. The van der Waals surface area contributed by atoms with Crippen LogP contribution in [0.5, 0.6) is 0 Å². The third-order valence-electron chi connectivity index (χ3n) is 3.99. The molecule has 0 aromatic carbocycles. The molecule has 0 aliphatic carbocycles. The lowest BCUT2D eigenvalue weighted by atomic mass is 10.1. The molecular weight excluding hydrogens is 280 g/mol. The van der Waals surface area contributed by atoms with Gasteiger partial charge in [-0.15, -0.1) is 0 Å². The van der Waals surface area contributed by atoms with Crippen molar-refractivity contribution < 1.29 is 9.90 Å². The maximum Gasteiger partial charge on any atom is 0.327 e. The Balaban J connectivity index is 2.24. The number of carbonyl (C=O) groups is 1. The second-order valence-corrected chi connectivity index (χ2v) is 5.46. The maximum absolute atomic E-state index is 11.7. The number of aromatic nitrogens is 2. The first-order valence-corrected chi connectivity index (χ1v) is 7.21. The van der Waals surface area contributed by atoms with E-state index in [4.69, 9.17) is 11.6 Å². The molecule has 6 nitrogen and oxygen atoms in total. The van der Waals surface area contributed by atoms with Crippen molar-refractivity contribution in [1.29, 1.82) is 0 Å². The number of hydrogen-bond donors (Lipinski definition) is 1. The molecule has 1 N–H and O–H groups in total. The molecule has 7 heteroatoms. The summed E-state index contributed by atoms with van der Waals surface area (Å²) in [6.45, 7) is 8.13. The number of aryl methyl sites for hydroxylation is 1. The van der Waals surface area contributed by atoms with Crippen molar-refractivity contribution in [3.05, 3.63) is 16.7 Å². The fourth-order valence-corrected chi connectivity index (χ4v) is 2.84. The number of aliphatic carboxylic acids is 1. The summed E-state index contributed by atoms with van der Waals surface area (Å²) in [6.07, 6.45) is 0. The Bertz CT molecular complexity index is 495. The van der Waals surface area contributed by atoms with Gasteiger partial charge in [0.05, 0.1) is 0 Å². The van der Waals surface area contributed by atoms with Gasteiger partial charge in [-0.3, -0.25) is 9.69 Å². The van der Waals surface area contributed by atoms with Gasteiger partial charge in [0.2, 0.25) is 0 Å². The molecule has 112 valence electrons. The van der Waals surface area contributed by atoms with Crippen LogP contribution in [0.15, 0.2) is 0 Å². The molecule has 0 amide bonds. The van der Waals surface area contributed by atoms with Crippen molar-refractivity contribution in [1.82, 2.24) is 19.4 Å². The maximum atomic E-state index is 11.7. The predicted octanol–water partition coefficient (Wildman–Crippen LogP) is 1.15. The van der Waals surface area contributed by atoms with Gasteiger partial charge in [0.1, 0.15) is 16.7 Å². The van der Waals surface area contributed by atoms with Crippen LogP contribution >= 0.6 is 11.6 Å². The normalized spacial score (nSPS) is 19.2. The zero-order valence-corrected chi connectivity index (χ0v) is 12.9. The molecule has 1 aliphatic rings. The topological polar surface area (TPSA) is 61.6 Å². The third-order valence-corrected chi connectivity index (χ3v) is 4.43. The van der Waals surface area contributed by atoms with Crippen LogP contribution in [0.4, 0.5) is 0 Å². The molecule has 0 bridgehead atoms. The molecule has 20 heavy (non-hydrogen) atoms. The minimum atomic E-state index is -0.894. The number of hydrogen-bond acceptors (Lipinski definition) is 4. The van der Waals surface area contributed by atoms with Crippen molar-refractivity contribution in [3.63, 3.8) is 0 Å². The van der Waals surface area contributed by atoms with Gasteiger partial charge in [0.25, 0.3) is 0 Å². The first kappa shape index (κ1) is 15.3. The monoisotopic (exact) mass is 300 g/mol. The van der Waals surface area contributed by atoms with E-state index in [0.29, 0.717) is 10.8 Å². The first-order valence-electron chi connectivity index (χ1n) is 6.83. The van der Waals surface area contributed by atoms with E-state index < -0.39 is 12.0 Å². The van der Waals surface area contributed by atoms with Gasteiger partial charge in [0, 0.05) is 33.2 Å². The van der Waals surface area contributed by atoms with Gasteiger partial charge in [-0.25, -0.2) is 4.98 Å². The Morgan fingerprint density at radius 1 is 1.40 bits per heavy atom. The summed E-state index contributed by atoms with van der Waals surface area (Å²) in [4.78, 5) is 20.3. The Labute approximate surface area is 123 Å². The van der Waals surface area contributed by atoms with Crippen LogP contribution in [0.1, 0.15) is 24.5 Å². The minimum absolute atomic E-state index is 0.410. The highest BCUT2D eigenvalue weighted by Crippen LogP contribution is 2.28. The van der Waals surface area contributed by atoms with Gasteiger partial charge in [-0.05, 0) is 13.5 Å². The zero-order valence-electron chi connectivity index (χ0n) is 12.1. The predicted molar refractivity (Wildman–Crippen MR) is 77.0 cm³/mol. The minimum Gasteiger partial charge on any atom is -0.480 e. The largest absolute Gasteiger partial charge is 0.480 e. The van der Waals surface area contributed by atoms with Crippen molar-refractivity contribution in [2.24, 2.45) is 7.05 Å². The van der Waals surface area contributed by atoms with Crippen molar-refractivity contribution >= 4 is 17.6 Å². The first-order chi connectivity index (χ1) is 9.45. The molecule has 0 spiro atoms. The smallest absolute Gasteiger partial charge is 0.327 e. The highest BCUT2D eigenvalue weighted by Gasteiger charge is 2.34. The van der Waals surface area contributed by atoms with E-state index in [1.165, 1.54) is 0 Å². The van der Waals surface area contributed by atoms with Gasteiger partial charge in [0.15, 0.2) is 6.04 Å².